The number of ether oxygens (including phenoxy) is 2. The first-order valence-electron chi connectivity index (χ1n) is 13.5. The zero-order valence-electron chi connectivity index (χ0n) is 22.2. The van der Waals surface area contributed by atoms with E-state index in [1.807, 2.05) is 18.2 Å². The van der Waals surface area contributed by atoms with Gasteiger partial charge in [-0.1, -0.05) is 75.8 Å². The highest BCUT2D eigenvalue weighted by Gasteiger charge is 2.12. The number of aliphatic hydroxyl groups excluding tert-OH is 1. The molecule has 2 rings (SSSR count). The number of aryl methyl sites for hydroxylation is 3. The Morgan fingerprint density at radius 1 is 0.800 bits per heavy atom. The van der Waals surface area contributed by atoms with Crippen molar-refractivity contribution in [2.45, 2.75) is 103 Å². The standard InChI is InChI=1S/C31H46O4/c1-4-5-9-14-26-16-12-13-17-27(26)15-10-7-6-8-11-18-28(32)24-29(33)21-19-25-20-22-30(34-2)31(23-25)35-3/h12-13,16-17,20,22-23,28,32H,4-11,14-15,18-19,21,24H2,1-3H3/t28-/m0/s1. The summed E-state index contributed by atoms with van der Waals surface area (Å²) >= 11 is 0. The first-order valence-corrected chi connectivity index (χ1v) is 13.5. The van der Waals surface area contributed by atoms with Crippen molar-refractivity contribution < 1.29 is 19.4 Å². The number of benzene rings is 2. The molecule has 4 heteroatoms. The predicted molar refractivity (Wildman–Crippen MR) is 145 cm³/mol. The molecule has 2 aromatic rings. The molecule has 0 radical (unpaired) electrons. The van der Waals surface area contributed by atoms with Gasteiger partial charge in [0.05, 0.1) is 20.3 Å². The van der Waals surface area contributed by atoms with Gasteiger partial charge in [0.2, 0.25) is 0 Å². The number of Topliss-reactive ketones (excluding diaryl/α,β-unsaturated/α-hetero) is 1. The molecule has 0 bridgehead atoms. The van der Waals surface area contributed by atoms with Gasteiger partial charge in [-0.25, -0.2) is 0 Å². The number of methoxy groups -OCH3 is 2. The molecule has 2 aromatic carbocycles. The van der Waals surface area contributed by atoms with Gasteiger partial charge in [-0.3, -0.25) is 4.79 Å². The van der Waals surface area contributed by atoms with E-state index in [9.17, 15) is 9.90 Å². The highest BCUT2D eigenvalue weighted by Crippen LogP contribution is 2.28. The Balaban J connectivity index is 1.56. The smallest absolute Gasteiger partial charge is 0.160 e. The summed E-state index contributed by atoms with van der Waals surface area (Å²) in [6.07, 6.45) is 13.5. The fourth-order valence-corrected chi connectivity index (χ4v) is 4.62. The molecule has 0 heterocycles. The van der Waals surface area contributed by atoms with Crippen molar-refractivity contribution in [1.82, 2.24) is 0 Å². The van der Waals surface area contributed by atoms with Crippen LogP contribution in [0, 0.1) is 0 Å². The van der Waals surface area contributed by atoms with Crippen LogP contribution in [0.5, 0.6) is 11.5 Å². The van der Waals surface area contributed by atoms with E-state index in [1.165, 1.54) is 62.5 Å². The first kappa shape index (κ1) is 28.9. The van der Waals surface area contributed by atoms with Gasteiger partial charge in [0.25, 0.3) is 0 Å². The summed E-state index contributed by atoms with van der Waals surface area (Å²) in [6.45, 7) is 2.25. The molecule has 0 amide bonds. The SMILES string of the molecule is CCCCCc1ccccc1CCCCCCC[C@H](O)CC(=O)CCc1ccc(OC)c(OC)c1. The molecule has 0 aliphatic rings. The van der Waals surface area contributed by atoms with Crippen LogP contribution in [0.25, 0.3) is 0 Å². The lowest BCUT2D eigenvalue weighted by Gasteiger charge is -2.11. The fourth-order valence-electron chi connectivity index (χ4n) is 4.62. The number of ketones is 1. The average molecular weight is 483 g/mol. The third-order valence-corrected chi connectivity index (χ3v) is 6.76. The number of carbonyl (C=O) groups is 1. The summed E-state index contributed by atoms with van der Waals surface area (Å²) in [5.74, 6) is 1.48. The highest BCUT2D eigenvalue weighted by molar-refractivity contribution is 5.79. The molecular weight excluding hydrogens is 436 g/mol. The van der Waals surface area contributed by atoms with Crippen LogP contribution in [-0.4, -0.2) is 31.2 Å². The molecule has 35 heavy (non-hydrogen) atoms. The van der Waals surface area contributed by atoms with Crippen LogP contribution in [0.1, 0.15) is 94.2 Å². The van der Waals surface area contributed by atoms with Gasteiger partial charge in [-0.15, -0.1) is 0 Å². The van der Waals surface area contributed by atoms with E-state index in [2.05, 4.69) is 31.2 Å². The Morgan fingerprint density at radius 2 is 1.43 bits per heavy atom. The van der Waals surface area contributed by atoms with E-state index in [-0.39, 0.29) is 12.2 Å². The number of carbonyl (C=O) groups excluding carboxylic acids is 1. The summed E-state index contributed by atoms with van der Waals surface area (Å²) in [5.41, 5.74) is 4.08. The van der Waals surface area contributed by atoms with Crippen molar-refractivity contribution in [3.05, 3.63) is 59.2 Å². The van der Waals surface area contributed by atoms with E-state index in [0.717, 1.165) is 18.4 Å². The Morgan fingerprint density at radius 3 is 2.09 bits per heavy atom. The largest absolute Gasteiger partial charge is 0.493 e. The van der Waals surface area contributed by atoms with Crippen molar-refractivity contribution in [3.8, 4) is 11.5 Å². The van der Waals surface area contributed by atoms with Crippen LogP contribution >= 0.6 is 0 Å². The summed E-state index contributed by atoms with van der Waals surface area (Å²) in [4.78, 5) is 12.3. The number of hydrogen-bond acceptors (Lipinski definition) is 4. The Bertz CT molecular complexity index is 861. The minimum atomic E-state index is -0.525. The third kappa shape index (κ3) is 11.3. The van der Waals surface area contributed by atoms with Crippen molar-refractivity contribution in [1.29, 1.82) is 0 Å². The van der Waals surface area contributed by atoms with Crippen LogP contribution in [-0.2, 0) is 24.1 Å². The monoisotopic (exact) mass is 482 g/mol. The summed E-state index contributed by atoms with van der Waals surface area (Å²) < 4.78 is 10.6. The maximum Gasteiger partial charge on any atom is 0.160 e. The number of hydrogen-bond donors (Lipinski definition) is 1. The van der Waals surface area contributed by atoms with Crippen LogP contribution in [0.3, 0.4) is 0 Å². The van der Waals surface area contributed by atoms with Crippen molar-refractivity contribution in [3.63, 3.8) is 0 Å². The lowest BCUT2D eigenvalue weighted by Crippen LogP contribution is -2.14. The van der Waals surface area contributed by atoms with Crippen molar-refractivity contribution in [2.24, 2.45) is 0 Å². The van der Waals surface area contributed by atoms with E-state index in [1.54, 1.807) is 14.2 Å². The highest BCUT2D eigenvalue weighted by atomic mass is 16.5. The predicted octanol–water partition coefficient (Wildman–Crippen LogP) is 7.27. The quantitative estimate of drug-likeness (QED) is 0.214. The van der Waals surface area contributed by atoms with Gasteiger partial charge in [0.1, 0.15) is 5.78 Å². The number of rotatable bonds is 19. The van der Waals surface area contributed by atoms with Crippen molar-refractivity contribution >= 4 is 5.78 Å². The second kappa shape index (κ2) is 17.2. The van der Waals surface area contributed by atoms with Gasteiger partial charge in [0.15, 0.2) is 11.5 Å². The zero-order chi connectivity index (χ0) is 25.3. The molecule has 0 fully saturated rings. The van der Waals surface area contributed by atoms with E-state index < -0.39 is 6.10 Å². The molecule has 0 saturated carbocycles. The second-order valence-electron chi connectivity index (χ2n) is 9.62. The van der Waals surface area contributed by atoms with Gasteiger partial charge in [-0.2, -0.15) is 0 Å². The van der Waals surface area contributed by atoms with Crippen LogP contribution in [0.15, 0.2) is 42.5 Å². The normalized spacial score (nSPS) is 11.9. The van der Waals surface area contributed by atoms with Crippen molar-refractivity contribution in [2.75, 3.05) is 14.2 Å². The maximum atomic E-state index is 12.3. The second-order valence-corrected chi connectivity index (χ2v) is 9.62. The Labute approximate surface area is 213 Å². The number of unbranched alkanes of at least 4 members (excludes halogenated alkanes) is 6. The van der Waals surface area contributed by atoms with E-state index in [4.69, 9.17) is 9.47 Å². The Hall–Kier alpha value is -2.33. The molecule has 4 nitrogen and oxygen atoms in total. The molecular formula is C31H46O4. The minimum absolute atomic E-state index is 0.116. The van der Waals surface area contributed by atoms with Crippen LogP contribution in [0.4, 0.5) is 0 Å². The van der Waals surface area contributed by atoms with Gasteiger partial charge in [0, 0.05) is 12.8 Å². The molecule has 0 aromatic heterocycles. The third-order valence-electron chi connectivity index (χ3n) is 6.76. The molecule has 1 atom stereocenters. The van der Waals surface area contributed by atoms with E-state index in [0.29, 0.717) is 30.8 Å². The average Bonchev–Trinajstić information content (AvgIpc) is 2.87. The van der Waals surface area contributed by atoms with Crippen LogP contribution < -0.4 is 9.47 Å². The molecule has 0 aliphatic carbocycles. The molecule has 194 valence electrons. The summed E-state index contributed by atoms with van der Waals surface area (Å²) in [6, 6.07) is 14.6. The lowest BCUT2D eigenvalue weighted by atomic mass is 9.96. The lowest BCUT2D eigenvalue weighted by molar-refractivity contribution is -0.121. The van der Waals surface area contributed by atoms with E-state index >= 15 is 0 Å². The van der Waals surface area contributed by atoms with Gasteiger partial charge in [-0.05, 0) is 67.3 Å². The molecule has 0 aliphatic heterocycles. The molecule has 1 N–H and O–H groups in total. The molecule has 0 saturated heterocycles. The molecule has 0 unspecified atom stereocenters. The first-order chi connectivity index (χ1) is 17.1. The summed E-state index contributed by atoms with van der Waals surface area (Å²) in [7, 11) is 3.22. The minimum Gasteiger partial charge on any atom is -0.493 e. The number of aliphatic hydroxyl groups is 1. The zero-order valence-corrected chi connectivity index (χ0v) is 22.2. The topological polar surface area (TPSA) is 55.8 Å². The maximum absolute atomic E-state index is 12.3. The van der Waals surface area contributed by atoms with Gasteiger partial charge >= 0.3 is 0 Å². The fraction of sp³-hybridized carbons (Fsp3) is 0.581. The Kier molecular flexibility index (Phi) is 14.2. The van der Waals surface area contributed by atoms with Crippen LogP contribution in [0.2, 0.25) is 0 Å². The van der Waals surface area contributed by atoms with Gasteiger partial charge < -0.3 is 14.6 Å². The molecule has 0 spiro atoms. The summed E-state index contributed by atoms with van der Waals surface area (Å²) in [5, 5.41) is 10.3.